The van der Waals surface area contributed by atoms with Crippen LogP contribution < -0.4 is 20.5 Å². The molecule has 1 aromatic carbocycles. The maximum Gasteiger partial charge on any atom is 0.347 e. The average Bonchev–Trinajstić information content (AvgIpc) is 2.98. The lowest BCUT2D eigenvalue weighted by atomic mass is 9.90. The van der Waals surface area contributed by atoms with Gasteiger partial charge in [-0.1, -0.05) is 39.0 Å². The fourth-order valence-electron chi connectivity index (χ4n) is 5.24. The van der Waals surface area contributed by atoms with E-state index < -0.39 is 15.7 Å². The molecule has 0 saturated heterocycles. The number of fused-ring (bicyclic) bond motifs is 2. The zero-order valence-electron chi connectivity index (χ0n) is 26.8. The first-order valence-corrected chi connectivity index (χ1v) is 16.9. The van der Waals surface area contributed by atoms with Gasteiger partial charge in [-0.05, 0) is 56.7 Å². The molecular formula is C35H43N2O7S+. The van der Waals surface area contributed by atoms with E-state index in [-0.39, 0.29) is 22.5 Å². The highest BCUT2D eigenvalue weighted by Gasteiger charge is 2.22. The molecule has 0 radical (unpaired) electrons. The van der Waals surface area contributed by atoms with Crippen molar-refractivity contribution in [3.63, 3.8) is 0 Å². The van der Waals surface area contributed by atoms with Gasteiger partial charge in [-0.25, -0.2) is 9.37 Å². The topological polar surface area (TPSA) is 124 Å². The molecule has 0 fully saturated rings. The third kappa shape index (κ3) is 8.12. The Bertz CT molecular complexity index is 1940. The third-order valence-corrected chi connectivity index (χ3v) is 8.58. The molecular weight excluding hydrogens is 592 g/mol. The largest absolute Gasteiger partial charge is 0.506 e. The third-order valence-electron chi connectivity index (χ3n) is 7.78. The number of hydrogen-bond donors (Lipinski definition) is 2. The molecule has 45 heavy (non-hydrogen) atoms. The molecule has 1 aliphatic heterocycles. The molecule has 2 N–H and O–H groups in total. The number of nitrogens with zero attached hydrogens (tertiary/aromatic N) is 2. The maximum atomic E-state index is 12.8. The van der Waals surface area contributed by atoms with Gasteiger partial charge in [-0.3, -0.25) is 4.55 Å². The van der Waals surface area contributed by atoms with Crippen molar-refractivity contribution >= 4 is 38.9 Å². The van der Waals surface area contributed by atoms with Crippen LogP contribution in [0.2, 0.25) is 0 Å². The van der Waals surface area contributed by atoms with Crippen LogP contribution in [0.4, 0.5) is 5.69 Å². The predicted molar refractivity (Wildman–Crippen MR) is 182 cm³/mol. The Morgan fingerprint density at radius 1 is 0.956 bits per heavy atom. The molecule has 0 bridgehead atoms. The van der Waals surface area contributed by atoms with E-state index in [1.807, 2.05) is 47.9 Å². The van der Waals surface area contributed by atoms with Crippen molar-refractivity contribution in [2.24, 2.45) is 0 Å². The number of benzene rings is 2. The summed E-state index contributed by atoms with van der Waals surface area (Å²) in [5.41, 5.74) is 2.22. The minimum Gasteiger partial charge on any atom is -0.506 e. The fourth-order valence-corrected chi connectivity index (χ4v) is 5.74. The summed E-state index contributed by atoms with van der Waals surface area (Å²) in [6.45, 7) is 15.0. The highest BCUT2D eigenvalue weighted by atomic mass is 32.2. The van der Waals surface area contributed by atoms with E-state index in [0.717, 1.165) is 41.0 Å². The van der Waals surface area contributed by atoms with Crippen LogP contribution in [0.5, 0.6) is 5.75 Å². The van der Waals surface area contributed by atoms with Crippen LogP contribution in [0.25, 0.3) is 34.4 Å². The summed E-state index contributed by atoms with van der Waals surface area (Å²) in [5, 5.41) is 12.3. The van der Waals surface area contributed by atoms with Crippen molar-refractivity contribution in [1.29, 1.82) is 0 Å². The Balaban J connectivity index is 1.70. The van der Waals surface area contributed by atoms with Gasteiger partial charge < -0.3 is 18.8 Å². The molecule has 4 rings (SSSR count). The van der Waals surface area contributed by atoms with Gasteiger partial charge in [0.05, 0.1) is 17.2 Å². The number of rotatable bonds is 11. The summed E-state index contributed by atoms with van der Waals surface area (Å²) in [5.74, 6) is 1.03. The molecule has 0 unspecified atom stereocenters. The molecule has 240 valence electrons. The lowest BCUT2D eigenvalue weighted by molar-refractivity contribution is 0.404. The highest BCUT2D eigenvalue weighted by molar-refractivity contribution is 7.85. The molecule has 2 aliphatic rings. The van der Waals surface area contributed by atoms with Crippen LogP contribution in [0.3, 0.4) is 0 Å². The van der Waals surface area contributed by atoms with Crippen LogP contribution in [-0.4, -0.2) is 50.0 Å². The summed E-state index contributed by atoms with van der Waals surface area (Å²) in [4.78, 5) is 15.0. The van der Waals surface area contributed by atoms with E-state index in [0.29, 0.717) is 36.2 Å². The van der Waals surface area contributed by atoms with Crippen LogP contribution >= 0.6 is 0 Å². The Morgan fingerprint density at radius 2 is 1.67 bits per heavy atom. The van der Waals surface area contributed by atoms with Gasteiger partial charge in [0.15, 0.2) is 0 Å². The van der Waals surface area contributed by atoms with Crippen LogP contribution in [0, 0.1) is 0 Å². The standard InChI is InChI=1S/C35H42N2O7S/c1-7-36(8-2)25-16-18-28-31(22-25)44-34(39)29(33(28)38)14-11-10-13-24-21-32(35(4,5)6)43-30-23-26(15-17-27(24)30)37(9-3)19-12-20-45(40,41)42/h10-11,13-18,21-23H,7-9,12,19-20H2,1-6H3,(H,40,41,42)/p+1. The number of allylic oxidation sites excluding steroid dienone is 2. The predicted octanol–water partition coefficient (Wildman–Crippen LogP) is 6.14. The van der Waals surface area contributed by atoms with E-state index in [4.69, 9.17) is 13.4 Å². The van der Waals surface area contributed by atoms with Crippen LogP contribution in [0.15, 0.2) is 68.2 Å². The zero-order valence-corrected chi connectivity index (χ0v) is 27.6. The van der Waals surface area contributed by atoms with E-state index >= 15 is 0 Å². The second kappa shape index (κ2) is 13.9. The molecule has 1 aromatic heterocycles. The maximum absolute atomic E-state index is 12.8. The van der Waals surface area contributed by atoms with E-state index in [1.165, 1.54) is 0 Å². The van der Waals surface area contributed by atoms with E-state index in [9.17, 15) is 18.3 Å². The SMILES string of the molecule is CCN(CC)c1ccc2c(O)c(/C=C/C=C/c3cc(C(C)(C)C)oc4cc(=[N+](CC)CCCS(=O)(=O)O)ccc3-4)c(=O)oc2c1. The quantitative estimate of drug-likeness (QED) is 0.0872. The second-order valence-corrected chi connectivity index (χ2v) is 13.5. The summed E-state index contributed by atoms with van der Waals surface area (Å²) in [6, 6.07) is 13.3. The van der Waals surface area contributed by atoms with Gasteiger partial charge in [0.25, 0.3) is 10.1 Å². The first-order chi connectivity index (χ1) is 21.2. The summed E-state index contributed by atoms with van der Waals surface area (Å²) >= 11 is 0. The van der Waals surface area contributed by atoms with Crippen molar-refractivity contribution in [1.82, 2.24) is 4.58 Å². The second-order valence-electron chi connectivity index (χ2n) is 11.9. The normalized spacial score (nSPS) is 13.4. The van der Waals surface area contributed by atoms with Crippen molar-refractivity contribution in [2.45, 2.75) is 53.4 Å². The van der Waals surface area contributed by atoms with Gasteiger partial charge in [0, 0.05) is 48.3 Å². The average molecular weight is 636 g/mol. The minimum absolute atomic E-state index is 0.0735. The lowest BCUT2D eigenvalue weighted by Crippen LogP contribution is -2.31. The van der Waals surface area contributed by atoms with E-state index in [1.54, 1.807) is 30.4 Å². The summed E-state index contributed by atoms with van der Waals surface area (Å²) in [6.07, 6.45) is 7.25. The smallest absolute Gasteiger partial charge is 0.347 e. The molecule has 0 atom stereocenters. The summed E-state index contributed by atoms with van der Waals surface area (Å²) < 4.78 is 45.4. The van der Waals surface area contributed by atoms with E-state index in [2.05, 4.69) is 39.5 Å². The van der Waals surface area contributed by atoms with Gasteiger partial charge in [-0.2, -0.15) is 8.42 Å². The Kier molecular flexibility index (Phi) is 10.4. The van der Waals surface area contributed by atoms with Gasteiger partial charge in [0.2, 0.25) is 5.36 Å². The molecule has 10 heteroatoms. The molecule has 0 amide bonds. The molecule has 9 nitrogen and oxygen atoms in total. The van der Waals surface area contributed by atoms with Gasteiger partial charge >= 0.3 is 5.63 Å². The highest BCUT2D eigenvalue weighted by Crippen LogP contribution is 2.33. The molecule has 1 aliphatic carbocycles. The van der Waals surface area contributed by atoms with Crippen molar-refractivity contribution in [3.05, 3.63) is 87.3 Å². The Hall–Kier alpha value is -4.15. The van der Waals surface area contributed by atoms with Gasteiger partial charge in [-0.15, -0.1) is 0 Å². The van der Waals surface area contributed by atoms with Crippen LogP contribution in [0.1, 0.15) is 64.9 Å². The number of hydrogen-bond acceptors (Lipinski definition) is 7. The first kappa shape index (κ1) is 33.7. The Labute approximate surface area is 264 Å². The molecule has 2 aromatic rings. The molecule has 2 heterocycles. The summed E-state index contributed by atoms with van der Waals surface area (Å²) in [7, 11) is -4.02. The lowest BCUT2D eigenvalue weighted by Gasteiger charge is -2.21. The number of anilines is 1. The zero-order chi connectivity index (χ0) is 32.9. The monoisotopic (exact) mass is 635 g/mol. The van der Waals surface area contributed by atoms with Crippen molar-refractivity contribution < 1.29 is 26.9 Å². The minimum atomic E-state index is -4.02. The Morgan fingerprint density at radius 3 is 2.31 bits per heavy atom. The number of aromatic hydroxyl groups is 1. The van der Waals surface area contributed by atoms with Crippen molar-refractivity contribution in [3.8, 4) is 17.1 Å². The van der Waals surface area contributed by atoms with Crippen molar-refractivity contribution in [2.75, 3.05) is 36.8 Å². The van der Waals surface area contributed by atoms with Gasteiger partial charge in [0.1, 0.15) is 41.5 Å². The first-order valence-electron chi connectivity index (χ1n) is 15.3. The molecule has 0 spiro atoms. The van der Waals surface area contributed by atoms with Crippen LogP contribution in [-0.2, 0) is 15.5 Å². The molecule has 0 saturated carbocycles. The fraction of sp³-hybridized carbons (Fsp3) is 0.371.